The van der Waals surface area contributed by atoms with Gasteiger partial charge in [0.1, 0.15) is 11.5 Å². The maximum atomic E-state index is 12.6. The van der Waals surface area contributed by atoms with Gasteiger partial charge in [0.25, 0.3) is 0 Å². The van der Waals surface area contributed by atoms with Crippen molar-refractivity contribution in [3.05, 3.63) is 48.4 Å². The highest BCUT2D eigenvalue weighted by Crippen LogP contribution is 2.25. The van der Waals surface area contributed by atoms with Gasteiger partial charge in [0, 0.05) is 44.5 Å². The zero-order valence-electron chi connectivity index (χ0n) is 20.0. The van der Waals surface area contributed by atoms with E-state index in [1.807, 2.05) is 24.3 Å². The minimum Gasteiger partial charge on any atom is -0.497 e. The molecule has 1 saturated carbocycles. The van der Waals surface area contributed by atoms with Crippen molar-refractivity contribution < 1.29 is 18.7 Å². The van der Waals surface area contributed by atoms with Crippen LogP contribution in [0.5, 0.6) is 5.75 Å². The SMILES string of the molecule is COc1ccc(N2CCN([C@H](CNC(=O)C(=O)NC3CCCCCC3)c3ccco3)CC2)cc1. The van der Waals surface area contributed by atoms with Crippen LogP contribution >= 0.6 is 0 Å². The van der Waals surface area contributed by atoms with Crippen LogP contribution in [0, 0.1) is 0 Å². The summed E-state index contributed by atoms with van der Waals surface area (Å²) in [5.41, 5.74) is 1.17. The molecule has 2 fully saturated rings. The number of anilines is 1. The highest BCUT2D eigenvalue weighted by Gasteiger charge is 2.28. The lowest BCUT2D eigenvalue weighted by molar-refractivity contribution is -0.139. The van der Waals surface area contributed by atoms with Crippen LogP contribution in [0.4, 0.5) is 5.69 Å². The molecule has 2 amide bonds. The van der Waals surface area contributed by atoms with E-state index in [1.54, 1.807) is 13.4 Å². The molecule has 1 aliphatic carbocycles. The van der Waals surface area contributed by atoms with Crippen LogP contribution in [0.3, 0.4) is 0 Å². The number of amides is 2. The Morgan fingerprint density at radius 3 is 2.32 bits per heavy atom. The number of nitrogens with zero attached hydrogens (tertiary/aromatic N) is 2. The Bertz CT molecular complexity index is 899. The van der Waals surface area contributed by atoms with E-state index in [0.717, 1.165) is 63.4 Å². The van der Waals surface area contributed by atoms with Gasteiger partial charge < -0.3 is 24.7 Å². The Morgan fingerprint density at radius 2 is 1.71 bits per heavy atom. The topological polar surface area (TPSA) is 87.0 Å². The minimum atomic E-state index is -0.572. The number of hydrogen-bond acceptors (Lipinski definition) is 6. The van der Waals surface area contributed by atoms with Crippen LogP contribution in [-0.2, 0) is 9.59 Å². The average molecular weight is 469 g/mol. The van der Waals surface area contributed by atoms with E-state index in [4.69, 9.17) is 9.15 Å². The molecule has 184 valence electrons. The van der Waals surface area contributed by atoms with Gasteiger partial charge in [0.15, 0.2) is 0 Å². The number of furan rings is 1. The largest absolute Gasteiger partial charge is 0.497 e. The van der Waals surface area contributed by atoms with Crippen LogP contribution in [0.2, 0.25) is 0 Å². The van der Waals surface area contributed by atoms with Crippen LogP contribution in [-0.4, -0.2) is 62.6 Å². The normalized spacial score (nSPS) is 18.7. The molecule has 1 saturated heterocycles. The molecule has 8 nitrogen and oxygen atoms in total. The summed E-state index contributed by atoms with van der Waals surface area (Å²) in [6, 6.07) is 11.9. The fourth-order valence-electron chi connectivity index (χ4n) is 4.92. The fourth-order valence-corrected chi connectivity index (χ4v) is 4.92. The first-order valence-electron chi connectivity index (χ1n) is 12.4. The van der Waals surface area contributed by atoms with Gasteiger partial charge in [-0.3, -0.25) is 14.5 Å². The second-order valence-corrected chi connectivity index (χ2v) is 9.12. The monoisotopic (exact) mass is 468 g/mol. The van der Waals surface area contributed by atoms with Gasteiger partial charge in [-0.15, -0.1) is 0 Å². The number of rotatable bonds is 7. The zero-order chi connectivity index (χ0) is 23.8. The standard InChI is InChI=1S/C26H36N4O4/c1-33-22-12-10-21(11-13-22)29-14-16-30(17-15-29)23(24-9-6-18-34-24)19-27-25(31)26(32)28-20-7-4-2-3-5-8-20/h6,9-13,18,20,23H,2-5,7-8,14-17,19H2,1H3,(H,27,31)(H,28,32)/t23-/m1/s1. The molecule has 2 aromatic rings. The highest BCUT2D eigenvalue weighted by atomic mass is 16.5. The third-order valence-corrected chi connectivity index (χ3v) is 6.92. The van der Waals surface area contributed by atoms with Crippen LogP contribution in [0.1, 0.15) is 50.3 Å². The first-order valence-corrected chi connectivity index (χ1v) is 12.4. The molecule has 1 aromatic heterocycles. The van der Waals surface area contributed by atoms with E-state index in [0.29, 0.717) is 6.54 Å². The van der Waals surface area contributed by atoms with Gasteiger partial charge in [-0.25, -0.2) is 0 Å². The lowest BCUT2D eigenvalue weighted by Gasteiger charge is -2.39. The molecule has 2 N–H and O–H groups in total. The van der Waals surface area contributed by atoms with Crippen LogP contribution in [0.25, 0.3) is 0 Å². The summed E-state index contributed by atoms with van der Waals surface area (Å²) in [5.74, 6) is 0.536. The Morgan fingerprint density at radius 1 is 1.00 bits per heavy atom. The Labute approximate surface area is 201 Å². The third-order valence-electron chi connectivity index (χ3n) is 6.92. The van der Waals surface area contributed by atoms with Crippen molar-refractivity contribution in [3.63, 3.8) is 0 Å². The molecule has 1 atom stereocenters. The first kappa shape index (κ1) is 24.1. The zero-order valence-corrected chi connectivity index (χ0v) is 20.0. The molecule has 0 spiro atoms. The summed E-state index contributed by atoms with van der Waals surface area (Å²) in [7, 11) is 1.67. The van der Waals surface area contributed by atoms with Crippen molar-refractivity contribution in [2.75, 3.05) is 44.7 Å². The molecule has 8 heteroatoms. The smallest absolute Gasteiger partial charge is 0.309 e. The number of carbonyl (C=O) groups excluding carboxylic acids is 2. The van der Waals surface area contributed by atoms with E-state index >= 15 is 0 Å². The number of nitrogens with one attached hydrogen (secondary N) is 2. The molecule has 1 aromatic carbocycles. The van der Waals surface area contributed by atoms with Crippen molar-refractivity contribution in [2.24, 2.45) is 0 Å². The van der Waals surface area contributed by atoms with Gasteiger partial charge in [-0.05, 0) is 49.2 Å². The summed E-state index contributed by atoms with van der Waals surface area (Å²) < 4.78 is 11.0. The average Bonchev–Trinajstić information content (AvgIpc) is 3.28. The Kier molecular flexibility index (Phi) is 8.46. The van der Waals surface area contributed by atoms with Gasteiger partial charge >= 0.3 is 11.8 Å². The summed E-state index contributed by atoms with van der Waals surface area (Å²) in [6.45, 7) is 3.69. The molecule has 2 aliphatic rings. The van der Waals surface area contributed by atoms with Gasteiger partial charge in [0.05, 0.1) is 19.4 Å². The summed E-state index contributed by atoms with van der Waals surface area (Å²) in [6.07, 6.45) is 8.17. The van der Waals surface area contributed by atoms with Crippen molar-refractivity contribution >= 4 is 17.5 Å². The Hall–Kier alpha value is -3.00. The maximum Gasteiger partial charge on any atom is 0.309 e. The summed E-state index contributed by atoms with van der Waals surface area (Å²) >= 11 is 0. The summed E-state index contributed by atoms with van der Waals surface area (Å²) in [4.78, 5) is 29.7. The van der Waals surface area contributed by atoms with Gasteiger partial charge in [-0.1, -0.05) is 25.7 Å². The predicted octanol–water partition coefficient (Wildman–Crippen LogP) is 3.11. The van der Waals surface area contributed by atoms with E-state index < -0.39 is 11.8 Å². The van der Waals surface area contributed by atoms with E-state index in [2.05, 4.69) is 32.6 Å². The molecular formula is C26H36N4O4. The minimum absolute atomic E-state index is 0.104. The molecule has 1 aliphatic heterocycles. The van der Waals surface area contributed by atoms with E-state index in [1.165, 1.54) is 18.5 Å². The molecule has 34 heavy (non-hydrogen) atoms. The van der Waals surface area contributed by atoms with Crippen molar-refractivity contribution in [1.29, 1.82) is 0 Å². The number of methoxy groups -OCH3 is 1. The number of hydrogen-bond donors (Lipinski definition) is 2. The Balaban J connectivity index is 1.31. The van der Waals surface area contributed by atoms with Crippen LogP contribution in [0.15, 0.2) is 47.1 Å². The lowest BCUT2D eigenvalue weighted by atomic mass is 10.1. The molecule has 0 radical (unpaired) electrons. The second-order valence-electron chi connectivity index (χ2n) is 9.12. The van der Waals surface area contributed by atoms with Crippen LogP contribution < -0.4 is 20.3 Å². The van der Waals surface area contributed by atoms with Crippen molar-refractivity contribution in [1.82, 2.24) is 15.5 Å². The summed E-state index contributed by atoms with van der Waals surface area (Å²) in [5, 5.41) is 5.77. The second kappa shape index (κ2) is 11.9. The molecular weight excluding hydrogens is 432 g/mol. The third kappa shape index (κ3) is 6.32. The van der Waals surface area contributed by atoms with Crippen molar-refractivity contribution in [3.8, 4) is 5.75 Å². The van der Waals surface area contributed by atoms with E-state index in [-0.39, 0.29) is 12.1 Å². The lowest BCUT2D eigenvalue weighted by Crippen LogP contribution is -2.51. The van der Waals surface area contributed by atoms with Gasteiger partial charge in [-0.2, -0.15) is 0 Å². The quantitative estimate of drug-likeness (QED) is 0.480. The first-order chi connectivity index (χ1) is 16.6. The highest BCUT2D eigenvalue weighted by molar-refractivity contribution is 6.35. The molecule has 0 bridgehead atoms. The van der Waals surface area contributed by atoms with Crippen molar-refractivity contribution in [2.45, 2.75) is 50.6 Å². The maximum absolute atomic E-state index is 12.6. The molecule has 4 rings (SSSR count). The number of ether oxygens (including phenoxy) is 1. The van der Waals surface area contributed by atoms with E-state index in [9.17, 15) is 9.59 Å². The number of piperazine rings is 1. The van der Waals surface area contributed by atoms with Gasteiger partial charge in [0.2, 0.25) is 0 Å². The molecule has 2 heterocycles. The number of carbonyl (C=O) groups is 2. The molecule has 0 unspecified atom stereocenters. The predicted molar refractivity (Wildman–Crippen MR) is 131 cm³/mol. The number of benzene rings is 1. The fraction of sp³-hybridized carbons (Fsp3) is 0.538.